The molecule has 0 aliphatic heterocycles. The van der Waals surface area contributed by atoms with Crippen LogP contribution >= 0.6 is 69.8 Å². The second-order valence-electron chi connectivity index (χ2n) is 27.0. The first-order valence-corrected chi connectivity index (χ1v) is 38.8. The van der Waals surface area contributed by atoms with Gasteiger partial charge in [-0.1, -0.05) is 123 Å². The molecule has 0 radical (unpaired) electrons. The maximum atomic E-state index is 11.1. The number of thioether (sulfide) groups is 1. The van der Waals surface area contributed by atoms with Crippen LogP contribution in [0.4, 0.5) is 0 Å². The minimum absolute atomic E-state index is 0.254. The third kappa shape index (κ3) is 20.6. The zero-order valence-corrected chi connectivity index (χ0v) is 64.5. The Morgan fingerprint density at radius 1 is 0.360 bits per heavy atom. The Morgan fingerprint density at radius 2 is 0.675 bits per heavy atom. The van der Waals surface area contributed by atoms with Gasteiger partial charge in [-0.25, -0.2) is 59.4 Å². The summed E-state index contributed by atoms with van der Waals surface area (Å²) in [5, 5.41) is 53.0. The molecule has 5 N–H and O–H groups in total. The van der Waals surface area contributed by atoms with Crippen LogP contribution in [0.3, 0.4) is 0 Å². The molecule has 5 aliphatic carbocycles. The van der Waals surface area contributed by atoms with Gasteiger partial charge in [0.15, 0.2) is 0 Å². The Bertz CT molecular complexity index is 5800. The second kappa shape index (κ2) is 35.6. The predicted octanol–water partition coefficient (Wildman–Crippen LogP) is 14.7. The minimum Gasteiger partial charge on any atom is -0.373 e. The molecule has 15 aromatic rings. The summed E-state index contributed by atoms with van der Waals surface area (Å²) >= 11 is 33.7. The molecule has 38 heteroatoms. The number of hydrogen-bond donors (Lipinski definition) is 5. The summed E-state index contributed by atoms with van der Waals surface area (Å²) in [5.74, 6) is 2.19. The molecule has 5 aliphatic rings. The monoisotopic (exact) mass is 1640 g/mol. The van der Waals surface area contributed by atoms with Crippen molar-refractivity contribution in [2.24, 2.45) is 11.8 Å². The summed E-state index contributed by atoms with van der Waals surface area (Å²) in [7, 11) is 0. The van der Waals surface area contributed by atoms with E-state index < -0.39 is 11.5 Å². The summed E-state index contributed by atoms with van der Waals surface area (Å²) in [6.45, 7) is 1.06. The second-order valence-corrected chi connectivity index (χ2v) is 30.4. The highest BCUT2D eigenvalue weighted by atomic mass is 35.5. The number of aromatic nitrogens is 26. The van der Waals surface area contributed by atoms with E-state index in [1.54, 1.807) is 18.2 Å². The molecule has 20 rings (SSSR count). The van der Waals surface area contributed by atoms with Crippen molar-refractivity contribution in [3.63, 3.8) is 0 Å². The first-order chi connectivity index (χ1) is 55.8. The van der Waals surface area contributed by atoms with E-state index in [0.29, 0.717) is 92.8 Å². The van der Waals surface area contributed by atoms with Gasteiger partial charge >= 0.3 is 11.5 Å². The topological polar surface area (TPSA) is 429 Å². The van der Waals surface area contributed by atoms with E-state index in [1.807, 2.05) is 96.7 Å². The summed E-state index contributed by atoms with van der Waals surface area (Å²) in [6.07, 6.45) is 22.5. The number of nitrogens with one attached hydrogen (secondary N) is 5. The van der Waals surface area contributed by atoms with Gasteiger partial charge in [-0.2, -0.15) is 15.6 Å². The minimum atomic E-state index is -0.631. The number of benzene rings is 5. The average Bonchev–Trinajstić information content (AvgIpc) is 1.42. The van der Waals surface area contributed by atoms with Gasteiger partial charge in [0.2, 0.25) is 29.1 Å². The fourth-order valence-electron chi connectivity index (χ4n) is 11.4. The van der Waals surface area contributed by atoms with Crippen molar-refractivity contribution in [3.05, 3.63) is 221 Å². The van der Waals surface area contributed by atoms with Crippen molar-refractivity contribution in [1.29, 1.82) is 0 Å². The third-order valence-electron chi connectivity index (χ3n) is 18.3. The highest BCUT2D eigenvalue weighted by Crippen LogP contribution is 2.44. The van der Waals surface area contributed by atoms with Crippen LogP contribution in [0.1, 0.15) is 86.5 Å². The molecule has 5 aromatic carbocycles. The van der Waals surface area contributed by atoms with Crippen LogP contribution in [0.25, 0.3) is 114 Å². The van der Waals surface area contributed by atoms with Crippen molar-refractivity contribution in [2.75, 3.05) is 0 Å². The van der Waals surface area contributed by atoms with Crippen LogP contribution in [0.15, 0.2) is 176 Å². The van der Waals surface area contributed by atoms with Gasteiger partial charge in [0.25, 0.3) is 0 Å². The van der Waals surface area contributed by atoms with Crippen molar-refractivity contribution in [3.8, 4) is 114 Å². The number of tetrazole rings is 3. The average molecular weight is 1650 g/mol. The van der Waals surface area contributed by atoms with Gasteiger partial charge in [0.1, 0.15) is 60.1 Å². The third-order valence-corrected chi connectivity index (χ3v) is 21.5. The largest absolute Gasteiger partial charge is 0.439 e. The van der Waals surface area contributed by atoms with Gasteiger partial charge < -0.3 is 9.47 Å². The molecule has 0 saturated heterocycles. The fraction of sp³-hybridized carbons (Fsp3) is 0.250. The molecule has 0 bridgehead atoms. The lowest BCUT2D eigenvalue weighted by molar-refractivity contribution is 0.106. The van der Waals surface area contributed by atoms with Gasteiger partial charge in [0.05, 0.1) is 58.9 Å². The Hall–Kier alpha value is -11.7. The highest BCUT2D eigenvalue weighted by molar-refractivity contribution is 8.00. The van der Waals surface area contributed by atoms with Crippen LogP contribution in [-0.2, 0) is 35.5 Å². The van der Waals surface area contributed by atoms with Crippen LogP contribution < -0.4 is 11.5 Å². The number of aromatic amines is 5. The molecule has 10 heterocycles. The Labute approximate surface area is 675 Å². The maximum absolute atomic E-state index is 11.1. The van der Waals surface area contributed by atoms with Crippen molar-refractivity contribution in [1.82, 2.24) is 132 Å². The lowest BCUT2D eigenvalue weighted by Crippen LogP contribution is -1.97. The predicted molar refractivity (Wildman–Crippen MR) is 421 cm³/mol. The van der Waals surface area contributed by atoms with E-state index in [1.165, 1.54) is 81.3 Å². The summed E-state index contributed by atoms with van der Waals surface area (Å²) in [5.41, 5.74) is 15.3. The molecule has 574 valence electrons. The molecule has 0 unspecified atom stereocenters. The smallest absolute Gasteiger partial charge is 0.373 e. The van der Waals surface area contributed by atoms with Crippen LogP contribution in [0.2, 0.25) is 25.1 Å². The van der Waals surface area contributed by atoms with E-state index in [-0.39, 0.29) is 11.6 Å². The fourth-order valence-corrected chi connectivity index (χ4v) is 13.7. The Balaban J connectivity index is 0.000000107. The summed E-state index contributed by atoms with van der Waals surface area (Å²) in [4.78, 5) is 70.2. The molecule has 0 atom stereocenters. The normalized spacial score (nSPS) is 14.1. The summed E-state index contributed by atoms with van der Waals surface area (Å²) < 4.78 is 20.4. The van der Waals surface area contributed by atoms with Crippen molar-refractivity contribution >= 4 is 69.8 Å². The quantitative estimate of drug-likeness (QED) is 0.0421. The van der Waals surface area contributed by atoms with Gasteiger partial charge in [-0.3, -0.25) is 19.0 Å². The number of halogens is 5. The van der Waals surface area contributed by atoms with E-state index >= 15 is 0 Å². The molecule has 5 fully saturated rings. The van der Waals surface area contributed by atoms with Gasteiger partial charge in [0, 0.05) is 58.1 Å². The van der Waals surface area contributed by atoms with E-state index in [0.717, 1.165) is 132 Å². The van der Waals surface area contributed by atoms with Crippen LogP contribution in [0.5, 0.6) is 0 Å². The van der Waals surface area contributed by atoms with E-state index in [2.05, 4.69) is 159 Å². The summed E-state index contributed by atoms with van der Waals surface area (Å²) in [6, 6.07) is 38.5. The first-order valence-electron chi connectivity index (χ1n) is 36.1. The molecule has 5 saturated carbocycles. The molecular weight excluding hydrogens is 1580 g/mol. The number of nitrogens with zero attached hydrogens (tertiary/aromatic N) is 21. The zero-order valence-electron chi connectivity index (χ0n) is 59.9. The van der Waals surface area contributed by atoms with E-state index in [9.17, 15) is 9.59 Å². The van der Waals surface area contributed by atoms with Gasteiger partial charge in [-0.15, -0.1) is 42.4 Å². The molecule has 114 heavy (non-hydrogen) atoms. The number of hydrogen-bond acceptors (Lipinski definition) is 28. The highest BCUT2D eigenvalue weighted by Gasteiger charge is 2.27. The SMILES string of the molecule is Clc1cc(-c2cc(-c3nn[nH]n3)ncn2)ccc1CC1CC1.Clc1cc(-c2cc(-c3nn[nH]n3)ncn2)ccc1COC1CC1.Clc1cc(-c2cc(-c3nn[nH]n3)ncn2)ccc1SC1CC1.O=c1[nH]c(-c2cc(-c3ccc(CC4CC4)c(Cl)c3)ncn2)no1.O=c1[nH]c(-c2cc(-c3ccc(COC4CC4)c(Cl)c3)ncn2)no1. The number of H-pyrrole nitrogens is 5. The Kier molecular flexibility index (Phi) is 23.8. The van der Waals surface area contributed by atoms with E-state index in [4.69, 9.17) is 67.5 Å². The zero-order chi connectivity index (χ0) is 77.9. The first kappa shape index (κ1) is 76.3. The van der Waals surface area contributed by atoms with Crippen LogP contribution in [0, 0.1) is 11.8 Å². The lowest BCUT2D eigenvalue weighted by atomic mass is 10.0. The number of rotatable bonds is 22. The van der Waals surface area contributed by atoms with Crippen molar-refractivity contribution < 1.29 is 18.5 Å². The van der Waals surface area contributed by atoms with Crippen molar-refractivity contribution in [2.45, 2.75) is 113 Å². The molecule has 10 aromatic heterocycles. The molecule has 32 nitrogen and oxygen atoms in total. The lowest BCUT2D eigenvalue weighted by Gasteiger charge is -2.08. The molecule has 0 amide bonds. The molecular formula is C76H63Cl5N26O6S. The standard InChI is InChI=1S/C16H13ClN4O3.C16H13ClN4O2.C15H13ClN6O.C15H13ClN6.C14H11ClN6S/c17-12-5-9(1-2-10(12)7-23-11-3-4-11)13-6-14(19-8-18-13)15-20-16(22)24-21-15;17-12-6-11(4-3-10(12)5-9-1-2-9)13-7-14(19-8-18-13)15-20-16(22)23-21-15;16-12-5-9(1-2-10(12)7-23-11-3-4-11)13-6-14(18-8-17-13)15-19-21-22-20-15;16-12-6-11(4-3-10(12)5-9-1-2-9)13-7-14(18-8-17-13)15-19-21-22-20-15;15-10-5-8(1-4-13(10)22-9-2-3-9)11-6-12(17-7-16-11)14-18-20-21-19-14/h1-2,5-6,8,11H,3-4,7H2,(H,20,21,22);3-4,6-9H,1-2,5H2,(H,20,21,22);1-2,5-6,8,11H,3-4,7H2,(H,19,20,21,22);3-4,6-9H,1-2,5H2,(H,19,20,21,22);1,4-7,9H,2-3H2,(H,18,19,20,21). The number of ether oxygens (including phenoxy) is 2. The van der Waals surface area contributed by atoms with Gasteiger partial charge in [-0.05, 0) is 194 Å². The maximum Gasteiger partial charge on any atom is 0.439 e. The van der Waals surface area contributed by atoms with Crippen LogP contribution in [-0.4, -0.2) is 149 Å². The molecule has 0 spiro atoms. The Morgan fingerprint density at radius 3 is 0.965 bits per heavy atom.